The van der Waals surface area contributed by atoms with Crippen molar-refractivity contribution in [2.24, 2.45) is 5.10 Å². The molecule has 2 aromatic carbocycles. The van der Waals surface area contributed by atoms with E-state index in [-0.39, 0.29) is 0 Å². The Kier molecular flexibility index (Phi) is 4.21. The van der Waals surface area contributed by atoms with E-state index in [0.29, 0.717) is 5.56 Å². The summed E-state index contributed by atoms with van der Waals surface area (Å²) in [5.41, 5.74) is 5.80. The van der Waals surface area contributed by atoms with Crippen LogP contribution in [0.4, 0.5) is 0 Å². The van der Waals surface area contributed by atoms with Gasteiger partial charge in [0.25, 0.3) is 5.91 Å². The Labute approximate surface area is 133 Å². The summed E-state index contributed by atoms with van der Waals surface area (Å²) in [7, 11) is 0. The fourth-order valence-electron chi connectivity index (χ4n) is 2.47. The lowest BCUT2D eigenvalue weighted by Gasteiger charge is -2.08. The molecule has 3 aromatic rings. The molecule has 3 rings (SSSR count). The topological polar surface area (TPSA) is 77.5 Å². The van der Waals surface area contributed by atoms with Crippen molar-refractivity contribution in [3.63, 3.8) is 0 Å². The number of para-hydroxylation sites is 1. The van der Waals surface area contributed by atoms with E-state index in [4.69, 9.17) is 0 Å². The van der Waals surface area contributed by atoms with Gasteiger partial charge in [-0.05, 0) is 18.6 Å². The van der Waals surface area contributed by atoms with Crippen LogP contribution in [-0.2, 0) is 4.79 Å². The van der Waals surface area contributed by atoms with Crippen LogP contribution >= 0.6 is 0 Å². The van der Waals surface area contributed by atoms with Crippen molar-refractivity contribution >= 4 is 23.0 Å². The molecule has 5 heteroatoms. The van der Waals surface area contributed by atoms with Crippen LogP contribution in [0.15, 0.2) is 59.7 Å². The van der Waals surface area contributed by atoms with E-state index in [2.05, 4.69) is 15.5 Å². The first kappa shape index (κ1) is 15.0. The van der Waals surface area contributed by atoms with Crippen molar-refractivity contribution in [2.75, 3.05) is 0 Å². The molecule has 116 valence electrons. The number of aryl methyl sites for hydroxylation is 1. The van der Waals surface area contributed by atoms with Gasteiger partial charge in [-0.1, -0.05) is 48.5 Å². The number of hydrogen-bond donors (Lipinski definition) is 3. The molecule has 1 amide bonds. The Morgan fingerprint density at radius 1 is 1.17 bits per heavy atom. The van der Waals surface area contributed by atoms with Gasteiger partial charge in [0, 0.05) is 22.2 Å². The third kappa shape index (κ3) is 3.14. The zero-order chi connectivity index (χ0) is 16.2. The Hall–Kier alpha value is -2.92. The lowest BCUT2D eigenvalue weighted by molar-refractivity contribution is -0.129. The third-order valence-corrected chi connectivity index (χ3v) is 3.68. The summed E-state index contributed by atoms with van der Waals surface area (Å²) < 4.78 is 0. The number of carbonyl (C=O) groups is 1. The molecule has 5 nitrogen and oxygen atoms in total. The number of hydrazone groups is 1. The van der Waals surface area contributed by atoms with Crippen molar-refractivity contribution in [3.8, 4) is 0 Å². The van der Waals surface area contributed by atoms with Crippen LogP contribution in [0.25, 0.3) is 10.9 Å². The molecule has 1 aromatic heterocycles. The van der Waals surface area contributed by atoms with E-state index in [1.54, 1.807) is 30.5 Å². The molecule has 0 unspecified atom stereocenters. The van der Waals surface area contributed by atoms with Gasteiger partial charge < -0.3 is 10.1 Å². The molecule has 0 fully saturated rings. The van der Waals surface area contributed by atoms with Crippen LogP contribution < -0.4 is 5.43 Å². The quantitative estimate of drug-likeness (QED) is 0.512. The average Bonchev–Trinajstić information content (AvgIpc) is 2.90. The molecule has 0 saturated carbocycles. The first-order valence-electron chi connectivity index (χ1n) is 7.30. The number of aromatic nitrogens is 1. The number of aromatic amines is 1. The first-order valence-corrected chi connectivity index (χ1v) is 7.30. The van der Waals surface area contributed by atoms with Crippen LogP contribution in [0.2, 0.25) is 0 Å². The van der Waals surface area contributed by atoms with Gasteiger partial charge in [0.1, 0.15) is 0 Å². The van der Waals surface area contributed by atoms with Gasteiger partial charge in [-0.15, -0.1) is 0 Å². The van der Waals surface area contributed by atoms with E-state index in [0.717, 1.165) is 22.2 Å². The number of aliphatic hydroxyl groups excluding tert-OH is 1. The maximum absolute atomic E-state index is 11.9. The average molecular weight is 307 g/mol. The van der Waals surface area contributed by atoms with Crippen molar-refractivity contribution in [1.82, 2.24) is 10.4 Å². The van der Waals surface area contributed by atoms with Crippen molar-refractivity contribution < 1.29 is 9.90 Å². The number of nitrogens with one attached hydrogen (secondary N) is 2. The highest BCUT2D eigenvalue weighted by Crippen LogP contribution is 2.19. The summed E-state index contributed by atoms with van der Waals surface area (Å²) in [6.07, 6.45) is 0.349. The monoisotopic (exact) mass is 307 g/mol. The third-order valence-electron chi connectivity index (χ3n) is 3.68. The summed E-state index contributed by atoms with van der Waals surface area (Å²) in [6, 6.07) is 16.6. The lowest BCUT2D eigenvalue weighted by Crippen LogP contribution is -2.25. The number of hydrogen-bond acceptors (Lipinski definition) is 3. The number of carbonyl (C=O) groups excluding carboxylic acids is 1. The van der Waals surface area contributed by atoms with Gasteiger partial charge in [0.05, 0.1) is 6.21 Å². The SMILES string of the molecule is Cc1[nH]c2ccccc2c1/C=N\NC(=O)[C@H](O)c1ccccc1. The number of fused-ring (bicyclic) bond motifs is 1. The maximum atomic E-state index is 11.9. The van der Waals surface area contributed by atoms with E-state index in [1.165, 1.54) is 0 Å². The highest BCUT2D eigenvalue weighted by atomic mass is 16.3. The van der Waals surface area contributed by atoms with Crippen molar-refractivity contribution in [3.05, 3.63) is 71.4 Å². The second-order valence-electron chi connectivity index (χ2n) is 5.26. The van der Waals surface area contributed by atoms with Gasteiger partial charge >= 0.3 is 0 Å². The molecule has 0 aliphatic rings. The molecule has 0 saturated heterocycles. The highest BCUT2D eigenvalue weighted by Gasteiger charge is 2.16. The summed E-state index contributed by atoms with van der Waals surface area (Å²) in [6.45, 7) is 1.95. The van der Waals surface area contributed by atoms with E-state index >= 15 is 0 Å². The molecular formula is C18H17N3O2. The predicted octanol–water partition coefficient (Wildman–Crippen LogP) is 2.66. The summed E-state index contributed by atoms with van der Waals surface area (Å²) in [4.78, 5) is 15.2. The number of aliphatic hydroxyl groups is 1. The van der Waals surface area contributed by atoms with Crippen LogP contribution in [0.5, 0.6) is 0 Å². The summed E-state index contributed by atoms with van der Waals surface area (Å²) in [5.74, 6) is -0.565. The van der Waals surface area contributed by atoms with Crippen molar-refractivity contribution in [1.29, 1.82) is 0 Å². The van der Waals surface area contributed by atoms with E-state index in [9.17, 15) is 9.90 Å². The molecule has 0 aliphatic carbocycles. The minimum atomic E-state index is -1.24. The number of amides is 1. The standard InChI is InChI=1S/C18H17N3O2/c1-12-15(14-9-5-6-10-16(14)20-12)11-19-21-18(23)17(22)13-7-3-2-4-8-13/h2-11,17,20,22H,1H3,(H,21,23)/b19-11-/t17-/m1/s1. The van der Waals surface area contributed by atoms with Crippen molar-refractivity contribution in [2.45, 2.75) is 13.0 Å². The molecular weight excluding hydrogens is 290 g/mol. The molecule has 0 aliphatic heterocycles. The summed E-state index contributed by atoms with van der Waals surface area (Å²) >= 11 is 0. The zero-order valence-corrected chi connectivity index (χ0v) is 12.7. The Morgan fingerprint density at radius 3 is 2.65 bits per heavy atom. The Balaban J connectivity index is 1.73. The van der Waals surface area contributed by atoms with Crippen LogP contribution in [0, 0.1) is 6.92 Å². The highest BCUT2D eigenvalue weighted by molar-refractivity contribution is 6.00. The largest absolute Gasteiger partial charge is 0.378 e. The molecule has 0 spiro atoms. The van der Waals surface area contributed by atoms with Gasteiger partial charge in [0.2, 0.25) is 0 Å². The fraction of sp³-hybridized carbons (Fsp3) is 0.111. The van der Waals surface area contributed by atoms with Gasteiger partial charge in [-0.3, -0.25) is 4.79 Å². The second kappa shape index (κ2) is 6.46. The minimum Gasteiger partial charge on any atom is -0.378 e. The van der Waals surface area contributed by atoms with Crippen LogP contribution in [0.1, 0.15) is 22.9 Å². The van der Waals surface area contributed by atoms with E-state index in [1.807, 2.05) is 37.3 Å². The fourth-order valence-corrected chi connectivity index (χ4v) is 2.47. The number of benzene rings is 2. The first-order chi connectivity index (χ1) is 11.2. The van der Waals surface area contributed by atoms with Gasteiger partial charge in [-0.25, -0.2) is 5.43 Å². The van der Waals surface area contributed by atoms with Gasteiger partial charge in [-0.2, -0.15) is 5.10 Å². The molecule has 0 bridgehead atoms. The van der Waals surface area contributed by atoms with Crippen LogP contribution in [0.3, 0.4) is 0 Å². The second-order valence-corrected chi connectivity index (χ2v) is 5.26. The smallest absolute Gasteiger partial charge is 0.273 e. The van der Waals surface area contributed by atoms with Gasteiger partial charge in [0.15, 0.2) is 6.10 Å². The normalized spacial score (nSPS) is 12.6. The molecule has 1 heterocycles. The Bertz CT molecular complexity index is 853. The number of H-pyrrole nitrogens is 1. The number of nitrogens with zero attached hydrogens (tertiary/aromatic N) is 1. The number of rotatable bonds is 4. The maximum Gasteiger partial charge on any atom is 0.273 e. The lowest BCUT2D eigenvalue weighted by atomic mass is 10.1. The molecule has 23 heavy (non-hydrogen) atoms. The predicted molar refractivity (Wildman–Crippen MR) is 90.2 cm³/mol. The molecule has 3 N–H and O–H groups in total. The molecule has 1 atom stereocenters. The van der Waals surface area contributed by atoms with Crippen LogP contribution in [-0.4, -0.2) is 22.2 Å². The molecule has 0 radical (unpaired) electrons. The zero-order valence-electron chi connectivity index (χ0n) is 12.7. The summed E-state index contributed by atoms with van der Waals surface area (Å²) in [5, 5.41) is 15.0. The minimum absolute atomic E-state index is 0.531. The van der Waals surface area contributed by atoms with E-state index < -0.39 is 12.0 Å². The Morgan fingerprint density at radius 2 is 1.87 bits per heavy atom.